The van der Waals surface area contributed by atoms with Crippen LogP contribution in [0.3, 0.4) is 0 Å². The van der Waals surface area contributed by atoms with Gasteiger partial charge in [-0.25, -0.2) is 0 Å². The minimum Gasteiger partial charge on any atom is -0.315 e. The Balaban J connectivity index is 3.16. The molecule has 0 saturated carbocycles. The van der Waals surface area contributed by atoms with Crippen LogP contribution in [0.1, 0.15) is 39.5 Å². The lowest BCUT2D eigenvalue weighted by atomic mass is 10.2. The van der Waals surface area contributed by atoms with Crippen molar-refractivity contribution < 1.29 is 0 Å². The van der Waals surface area contributed by atoms with Crippen molar-refractivity contribution in [3.63, 3.8) is 0 Å². The smallest absolute Gasteiger partial charge is 0.00103 e. The zero-order valence-corrected chi connectivity index (χ0v) is 10.8. The van der Waals surface area contributed by atoms with E-state index in [0.29, 0.717) is 6.04 Å². The van der Waals surface area contributed by atoms with E-state index in [1.807, 2.05) is 6.08 Å². The fourth-order valence-corrected chi connectivity index (χ4v) is 1.51. The van der Waals surface area contributed by atoms with Gasteiger partial charge >= 0.3 is 0 Å². The zero-order valence-electron chi connectivity index (χ0n) is 10.8. The first kappa shape index (κ1) is 14.7. The second-order valence-corrected chi connectivity index (χ2v) is 4.55. The molecular formula is C13H28N2. The molecule has 15 heavy (non-hydrogen) atoms. The summed E-state index contributed by atoms with van der Waals surface area (Å²) in [6, 6.07) is 0.621. The monoisotopic (exact) mass is 212 g/mol. The molecule has 0 spiro atoms. The summed E-state index contributed by atoms with van der Waals surface area (Å²) in [7, 11) is 2.21. The first-order chi connectivity index (χ1) is 7.16. The molecule has 0 fully saturated rings. The molecule has 0 aromatic carbocycles. The van der Waals surface area contributed by atoms with Gasteiger partial charge in [-0.1, -0.05) is 19.9 Å². The van der Waals surface area contributed by atoms with Crippen LogP contribution in [0.5, 0.6) is 0 Å². The molecule has 0 aromatic rings. The van der Waals surface area contributed by atoms with E-state index in [1.54, 1.807) is 0 Å². The molecular weight excluding hydrogens is 184 g/mol. The maximum absolute atomic E-state index is 3.73. The van der Waals surface area contributed by atoms with Crippen LogP contribution < -0.4 is 5.32 Å². The Bertz CT molecular complexity index is 143. The summed E-state index contributed by atoms with van der Waals surface area (Å²) in [6.45, 7) is 11.7. The SMILES string of the molecule is C=CCCCN(C)CCCCNC(C)C. The largest absolute Gasteiger partial charge is 0.315 e. The molecule has 2 heteroatoms. The highest BCUT2D eigenvalue weighted by atomic mass is 15.1. The Morgan fingerprint density at radius 3 is 2.47 bits per heavy atom. The second-order valence-electron chi connectivity index (χ2n) is 4.55. The Morgan fingerprint density at radius 1 is 1.20 bits per heavy atom. The molecule has 0 saturated heterocycles. The first-order valence-electron chi connectivity index (χ1n) is 6.19. The van der Waals surface area contributed by atoms with Gasteiger partial charge in [0, 0.05) is 6.04 Å². The number of nitrogens with one attached hydrogen (secondary N) is 1. The van der Waals surface area contributed by atoms with Crippen LogP contribution in [0.2, 0.25) is 0 Å². The number of nitrogens with zero attached hydrogens (tertiary/aromatic N) is 1. The molecule has 0 atom stereocenters. The third-order valence-electron chi connectivity index (χ3n) is 2.47. The van der Waals surface area contributed by atoms with Crippen molar-refractivity contribution in [2.75, 3.05) is 26.7 Å². The maximum Gasteiger partial charge on any atom is 0.00103 e. The Hall–Kier alpha value is -0.340. The number of rotatable bonds is 10. The molecule has 0 aromatic heterocycles. The topological polar surface area (TPSA) is 15.3 Å². The number of hydrogen-bond donors (Lipinski definition) is 1. The summed E-state index contributed by atoms with van der Waals surface area (Å²) in [6.07, 6.45) is 6.96. The van der Waals surface area contributed by atoms with Gasteiger partial charge in [0.05, 0.1) is 0 Å². The predicted octanol–water partition coefficient (Wildman–Crippen LogP) is 2.66. The van der Waals surface area contributed by atoms with Gasteiger partial charge in [0.15, 0.2) is 0 Å². The average Bonchev–Trinajstić information content (AvgIpc) is 2.17. The van der Waals surface area contributed by atoms with Crippen molar-refractivity contribution in [1.29, 1.82) is 0 Å². The number of hydrogen-bond acceptors (Lipinski definition) is 2. The van der Waals surface area contributed by atoms with Crippen LogP contribution in [0.4, 0.5) is 0 Å². The van der Waals surface area contributed by atoms with Gasteiger partial charge < -0.3 is 10.2 Å². The fourth-order valence-electron chi connectivity index (χ4n) is 1.51. The summed E-state index contributed by atoms with van der Waals surface area (Å²) in [4.78, 5) is 2.42. The minimum absolute atomic E-state index is 0.621. The van der Waals surface area contributed by atoms with Gasteiger partial charge in [0.2, 0.25) is 0 Å². The van der Waals surface area contributed by atoms with E-state index < -0.39 is 0 Å². The predicted molar refractivity (Wildman–Crippen MR) is 69.3 cm³/mol. The summed E-state index contributed by atoms with van der Waals surface area (Å²) in [5, 5.41) is 3.44. The van der Waals surface area contributed by atoms with Crippen LogP contribution in [0.25, 0.3) is 0 Å². The van der Waals surface area contributed by atoms with Crippen LogP contribution in [0.15, 0.2) is 12.7 Å². The Morgan fingerprint density at radius 2 is 1.87 bits per heavy atom. The maximum atomic E-state index is 3.73. The van der Waals surface area contributed by atoms with E-state index in [0.717, 1.165) is 13.0 Å². The van der Waals surface area contributed by atoms with Gasteiger partial charge in [0.1, 0.15) is 0 Å². The number of unbranched alkanes of at least 4 members (excludes halogenated alkanes) is 2. The summed E-state index contributed by atoms with van der Waals surface area (Å²) >= 11 is 0. The minimum atomic E-state index is 0.621. The van der Waals surface area contributed by atoms with E-state index >= 15 is 0 Å². The second kappa shape index (κ2) is 10.2. The molecule has 0 radical (unpaired) electrons. The van der Waals surface area contributed by atoms with Gasteiger partial charge in [-0.15, -0.1) is 6.58 Å². The molecule has 0 heterocycles. The van der Waals surface area contributed by atoms with Gasteiger partial charge in [-0.05, 0) is 52.4 Å². The van der Waals surface area contributed by atoms with Crippen LogP contribution in [-0.2, 0) is 0 Å². The fraction of sp³-hybridized carbons (Fsp3) is 0.846. The van der Waals surface area contributed by atoms with E-state index in [-0.39, 0.29) is 0 Å². The van der Waals surface area contributed by atoms with Gasteiger partial charge in [-0.3, -0.25) is 0 Å². The van der Waals surface area contributed by atoms with Crippen LogP contribution in [-0.4, -0.2) is 37.6 Å². The average molecular weight is 212 g/mol. The summed E-state index contributed by atoms with van der Waals surface area (Å²) in [5.74, 6) is 0. The number of allylic oxidation sites excluding steroid dienone is 1. The van der Waals surface area contributed by atoms with Crippen molar-refractivity contribution in [2.24, 2.45) is 0 Å². The quantitative estimate of drug-likeness (QED) is 0.442. The van der Waals surface area contributed by atoms with Crippen molar-refractivity contribution in [3.05, 3.63) is 12.7 Å². The van der Waals surface area contributed by atoms with E-state index in [2.05, 4.69) is 37.7 Å². The summed E-state index contributed by atoms with van der Waals surface area (Å²) in [5.41, 5.74) is 0. The van der Waals surface area contributed by atoms with E-state index in [1.165, 1.54) is 32.4 Å². The lowest BCUT2D eigenvalue weighted by Crippen LogP contribution is -2.25. The molecule has 90 valence electrons. The highest BCUT2D eigenvalue weighted by Crippen LogP contribution is 1.96. The van der Waals surface area contributed by atoms with Crippen LogP contribution in [0, 0.1) is 0 Å². The molecule has 0 amide bonds. The molecule has 1 N–H and O–H groups in total. The summed E-state index contributed by atoms with van der Waals surface area (Å²) < 4.78 is 0. The van der Waals surface area contributed by atoms with Gasteiger partial charge in [-0.2, -0.15) is 0 Å². The molecule has 2 nitrogen and oxygen atoms in total. The highest BCUT2D eigenvalue weighted by Gasteiger charge is 1.97. The molecule has 0 aliphatic carbocycles. The Labute approximate surface area is 95.7 Å². The molecule has 0 rings (SSSR count). The standard InChI is InChI=1S/C13H28N2/c1-5-6-8-11-15(4)12-9-7-10-14-13(2)3/h5,13-14H,1,6-12H2,2-4H3. The normalized spacial score (nSPS) is 11.3. The van der Waals surface area contributed by atoms with Gasteiger partial charge in [0.25, 0.3) is 0 Å². The molecule has 0 bridgehead atoms. The molecule has 0 aliphatic heterocycles. The molecule has 0 unspecified atom stereocenters. The third-order valence-corrected chi connectivity index (χ3v) is 2.47. The van der Waals surface area contributed by atoms with Crippen molar-refractivity contribution in [2.45, 2.75) is 45.6 Å². The van der Waals surface area contributed by atoms with Crippen LogP contribution >= 0.6 is 0 Å². The lowest BCUT2D eigenvalue weighted by molar-refractivity contribution is 0.321. The van der Waals surface area contributed by atoms with Crippen molar-refractivity contribution >= 4 is 0 Å². The Kier molecular flexibility index (Phi) is 9.96. The van der Waals surface area contributed by atoms with E-state index in [4.69, 9.17) is 0 Å². The lowest BCUT2D eigenvalue weighted by Gasteiger charge is -2.16. The molecule has 0 aliphatic rings. The van der Waals surface area contributed by atoms with Crippen molar-refractivity contribution in [3.8, 4) is 0 Å². The highest BCUT2D eigenvalue weighted by molar-refractivity contribution is 4.66. The third kappa shape index (κ3) is 11.6. The first-order valence-corrected chi connectivity index (χ1v) is 6.19. The van der Waals surface area contributed by atoms with E-state index in [9.17, 15) is 0 Å². The zero-order chi connectivity index (χ0) is 11.5. The van der Waals surface area contributed by atoms with Crippen molar-refractivity contribution in [1.82, 2.24) is 10.2 Å².